The molecule has 3 nitrogen and oxygen atoms in total. The lowest BCUT2D eigenvalue weighted by atomic mass is 10.3. The van der Waals surface area contributed by atoms with E-state index >= 15 is 0 Å². The van der Waals surface area contributed by atoms with Crippen molar-refractivity contribution in [3.63, 3.8) is 0 Å². The molecule has 0 aliphatic heterocycles. The molecular weight excluding hydrogens is 207 g/mol. The van der Waals surface area contributed by atoms with Gasteiger partial charge in [-0.05, 0) is 6.42 Å². The van der Waals surface area contributed by atoms with Crippen molar-refractivity contribution in [2.24, 2.45) is 0 Å². The van der Waals surface area contributed by atoms with Crippen LogP contribution in [0.5, 0.6) is 0 Å². The van der Waals surface area contributed by atoms with Crippen molar-refractivity contribution in [3.8, 4) is 0 Å². The molecule has 0 bridgehead atoms. The van der Waals surface area contributed by atoms with E-state index in [0.717, 1.165) is 12.8 Å². The van der Waals surface area contributed by atoms with Crippen molar-refractivity contribution >= 4 is 27.5 Å². The molecule has 0 amide bonds. The minimum atomic E-state index is -3.99. The van der Waals surface area contributed by atoms with Gasteiger partial charge in [-0.2, -0.15) is 8.42 Å². The van der Waals surface area contributed by atoms with Gasteiger partial charge in [0.05, 0.1) is 0 Å². The van der Waals surface area contributed by atoms with Gasteiger partial charge in [0.15, 0.2) is 0 Å². The van der Waals surface area contributed by atoms with Gasteiger partial charge in [-0.15, -0.1) is 0 Å². The number of hydrogen-bond acceptors (Lipinski definition) is 2. The maximum absolute atomic E-state index is 10.5. The number of rotatable bonds is 4. The van der Waals surface area contributed by atoms with E-state index in [1.807, 2.05) is 6.92 Å². The molecule has 0 radical (unpaired) electrons. The molecule has 0 heterocycles. The molecule has 0 aromatic carbocycles. The third-order valence-electron chi connectivity index (χ3n) is 1.27. The first-order chi connectivity index (χ1) is 4.89. The molecule has 0 aromatic heterocycles. The van der Waals surface area contributed by atoms with E-state index in [0.29, 0.717) is 0 Å². The molecule has 2 unspecified atom stereocenters. The van der Waals surface area contributed by atoms with Crippen LogP contribution in [0.4, 0.5) is 0 Å². The Labute approximate surface area is 73.2 Å². The van der Waals surface area contributed by atoms with Crippen LogP contribution in [-0.2, 0) is 9.74 Å². The Morgan fingerprint density at radius 2 is 2.09 bits per heavy atom. The third-order valence-corrected chi connectivity index (χ3v) is 7.64. The Balaban J connectivity index is 4.14. The fraction of sp³-hybridized carbons (Fsp3) is 1.00. The molecule has 11 heavy (non-hydrogen) atoms. The van der Waals surface area contributed by atoms with Crippen LogP contribution in [0.2, 0.25) is 0 Å². The summed E-state index contributed by atoms with van der Waals surface area (Å²) in [5.41, 5.74) is -0.133. The highest BCUT2D eigenvalue weighted by Crippen LogP contribution is 2.53. The molecule has 0 aliphatic carbocycles. The quantitative estimate of drug-likeness (QED) is 0.583. The van der Waals surface area contributed by atoms with Crippen LogP contribution in [0, 0.1) is 0 Å². The summed E-state index contributed by atoms with van der Waals surface area (Å²) >= 11 is 5.51. The first kappa shape index (κ1) is 11.6. The van der Waals surface area contributed by atoms with E-state index in [1.165, 1.54) is 0 Å². The Hall–Kier alpha value is 0.630. The summed E-state index contributed by atoms with van der Waals surface area (Å²) < 4.78 is 29.6. The van der Waals surface area contributed by atoms with Gasteiger partial charge in [-0.25, -0.2) is 0 Å². The summed E-state index contributed by atoms with van der Waals surface area (Å²) in [6.07, 6.45) is 1.61. The highest BCUT2D eigenvalue weighted by Gasteiger charge is 2.26. The van der Waals surface area contributed by atoms with E-state index in [-0.39, 0.29) is 5.66 Å². The summed E-state index contributed by atoms with van der Waals surface area (Å²) in [5.74, 6) is 0. The molecule has 0 saturated heterocycles. The van der Waals surface area contributed by atoms with Crippen molar-refractivity contribution in [1.82, 2.24) is 0 Å². The van der Waals surface area contributed by atoms with Crippen LogP contribution in [0.15, 0.2) is 0 Å². The molecule has 68 valence electrons. The summed E-state index contributed by atoms with van der Waals surface area (Å²) in [6, 6.07) is 0. The van der Waals surface area contributed by atoms with Gasteiger partial charge in [0.1, 0.15) is 6.48 Å². The topological polar surface area (TPSA) is 54.4 Å². The summed E-state index contributed by atoms with van der Waals surface area (Å²) in [6.45, 7) is 1.89. The lowest BCUT2D eigenvalue weighted by Crippen LogP contribution is -2.03. The van der Waals surface area contributed by atoms with Gasteiger partial charge in [0.25, 0.3) is 9.74 Å². The molecule has 0 spiro atoms. The molecule has 0 fully saturated rings. The standard InChI is InChI=1S/C5H12ClO3PS/c1-3-4-5(2)10(6)11(7,8)9/h5H,3-4H2,1-2H3,(H,7,8,9). The zero-order chi connectivity index (χ0) is 9.07. The summed E-state index contributed by atoms with van der Waals surface area (Å²) in [5, 5.41) is 0. The van der Waals surface area contributed by atoms with Crippen molar-refractivity contribution < 1.29 is 13.0 Å². The highest BCUT2D eigenvalue weighted by molar-refractivity contribution is 8.55. The summed E-state index contributed by atoms with van der Waals surface area (Å²) in [7, 11) is -3.99. The fourth-order valence-corrected chi connectivity index (χ4v) is 3.64. The van der Waals surface area contributed by atoms with Gasteiger partial charge in [0, 0.05) is 5.66 Å². The lowest BCUT2D eigenvalue weighted by Gasteiger charge is -2.12. The molecule has 0 rings (SSSR count). The monoisotopic (exact) mass is 218 g/mol. The predicted octanol–water partition coefficient (Wildman–Crippen LogP) is 2.61. The zero-order valence-corrected chi connectivity index (χ0v) is 8.96. The average Bonchev–Trinajstić information content (AvgIpc) is 1.85. The summed E-state index contributed by atoms with van der Waals surface area (Å²) in [4.78, 5) is 0. The van der Waals surface area contributed by atoms with Crippen molar-refractivity contribution in [2.75, 3.05) is 0 Å². The second-order valence-electron chi connectivity index (χ2n) is 2.36. The van der Waals surface area contributed by atoms with Crippen LogP contribution in [0.1, 0.15) is 26.7 Å². The largest absolute Gasteiger partial charge is 0.296 e. The molecule has 1 N–H and O–H groups in total. The maximum Gasteiger partial charge on any atom is 0.296 e. The highest BCUT2D eigenvalue weighted by atomic mass is 35.7. The van der Waals surface area contributed by atoms with E-state index in [9.17, 15) is 8.42 Å². The maximum atomic E-state index is 10.5. The van der Waals surface area contributed by atoms with Gasteiger partial charge < -0.3 is 0 Å². The van der Waals surface area contributed by atoms with Crippen molar-refractivity contribution in [3.05, 3.63) is 0 Å². The average molecular weight is 219 g/mol. The molecule has 0 saturated carbocycles. The van der Waals surface area contributed by atoms with Crippen LogP contribution in [-0.4, -0.2) is 18.6 Å². The van der Waals surface area contributed by atoms with Crippen LogP contribution in [0.3, 0.4) is 0 Å². The second-order valence-corrected chi connectivity index (χ2v) is 8.94. The Bertz CT molecular complexity index is 204. The van der Waals surface area contributed by atoms with E-state index in [1.54, 1.807) is 6.92 Å². The van der Waals surface area contributed by atoms with Crippen LogP contribution < -0.4 is 0 Å². The number of hydrogen-bond donors (Lipinski definition) is 1. The van der Waals surface area contributed by atoms with Crippen molar-refractivity contribution in [1.29, 1.82) is 0 Å². The Kier molecular flexibility index (Phi) is 4.87. The van der Waals surface area contributed by atoms with Crippen molar-refractivity contribution in [2.45, 2.75) is 32.3 Å². The first-order valence-electron chi connectivity index (χ1n) is 3.32. The van der Waals surface area contributed by atoms with Gasteiger partial charge in [-0.3, -0.25) is 4.55 Å². The minimum Gasteiger partial charge on any atom is -0.282 e. The van der Waals surface area contributed by atoms with Gasteiger partial charge >= 0.3 is 0 Å². The smallest absolute Gasteiger partial charge is 0.282 e. The number of halogens is 1. The molecule has 2 atom stereocenters. The van der Waals surface area contributed by atoms with Gasteiger partial charge in [0.2, 0.25) is 0 Å². The first-order valence-corrected chi connectivity index (χ1v) is 7.68. The third kappa shape index (κ3) is 4.26. The van der Waals surface area contributed by atoms with E-state index in [4.69, 9.17) is 15.8 Å². The normalized spacial score (nSPS) is 17.8. The molecule has 0 aromatic rings. The van der Waals surface area contributed by atoms with Gasteiger partial charge in [-0.1, -0.05) is 31.5 Å². The van der Waals surface area contributed by atoms with Crippen LogP contribution >= 0.6 is 17.7 Å². The predicted molar refractivity (Wildman–Crippen MR) is 48.7 cm³/mol. The molecular formula is C5H12ClO3PS. The molecule has 0 aliphatic rings. The minimum absolute atomic E-state index is 0.133. The van der Waals surface area contributed by atoms with E-state index < -0.39 is 16.2 Å². The van der Waals surface area contributed by atoms with E-state index in [2.05, 4.69) is 0 Å². The lowest BCUT2D eigenvalue weighted by molar-refractivity contribution is 0.501. The fourth-order valence-electron chi connectivity index (χ4n) is 0.747. The Morgan fingerprint density at radius 1 is 1.64 bits per heavy atom. The second kappa shape index (κ2) is 4.61. The molecule has 6 heteroatoms. The Morgan fingerprint density at radius 3 is 2.36 bits per heavy atom. The SMILES string of the molecule is CCCC(C)P(Cl)S(=O)(=O)O. The van der Waals surface area contributed by atoms with Crippen LogP contribution in [0.25, 0.3) is 0 Å². The zero-order valence-electron chi connectivity index (χ0n) is 6.49.